The second-order valence-electron chi connectivity index (χ2n) is 9.89. The van der Waals surface area contributed by atoms with Gasteiger partial charge in [-0.1, -0.05) is 72.8 Å². The lowest BCUT2D eigenvalue weighted by Gasteiger charge is -2.18. The number of aromatic carboxylic acids is 1. The number of nitrogens with zero attached hydrogens (tertiary/aromatic N) is 2. The predicted molar refractivity (Wildman–Crippen MR) is 157 cm³/mol. The molecule has 4 aromatic carbocycles. The number of carbonyl (C=O) groups excluding carboxylic acids is 2. The molecule has 0 unspecified atom stereocenters. The standard InChI is InChI=1S/C34H30N2O5/c1-35(18-17-24-9-4-2-5-10-24)32(37)22-36-21-30(33(38)26-13-8-14-27(19-26)34(39)40)29-20-28(15-16-31(29)36)41-23-25-11-6-3-7-12-25/h2-16,19-21H,17-18,22-23H2,1H3,(H,39,40). The fourth-order valence-electron chi connectivity index (χ4n) is 4.70. The summed E-state index contributed by atoms with van der Waals surface area (Å²) in [6.07, 6.45) is 2.41. The first-order valence-electron chi connectivity index (χ1n) is 13.3. The van der Waals surface area contributed by atoms with Crippen LogP contribution in [0.2, 0.25) is 0 Å². The Balaban J connectivity index is 1.44. The quantitative estimate of drug-likeness (QED) is 0.210. The van der Waals surface area contributed by atoms with Gasteiger partial charge in [0, 0.05) is 41.8 Å². The van der Waals surface area contributed by atoms with E-state index in [1.165, 1.54) is 12.1 Å². The topological polar surface area (TPSA) is 88.8 Å². The highest BCUT2D eigenvalue weighted by Gasteiger charge is 2.21. The number of rotatable bonds is 11. The highest BCUT2D eigenvalue weighted by atomic mass is 16.5. The van der Waals surface area contributed by atoms with Gasteiger partial charge in [0.25, 0.3) is 0 Å². The zero-order valence-corrected chi connectivity index (χ0v) is 22.7. The molecule has 0 fully saturated rings. The predicted octanol–water partition coefficient (Wildman–Crippen LogP) is 5.85. The number of ketones is 1. The van der Waals surface area contributed by atoms with Crippen LogP contribution in [0.15, 0.2) is 109 Å². The molecular formula is C34H30N2O5. The minimum atomic E-state index is -1.11. The van der Waals surface area contributed by atoms with Crippen LogP contribution in [0.3, 0.4) is 0 Å². The summed E-state index contributed by atoms with van der Waals surface area (Å²) < 4.78 is 7.79. The van der Waals surface area contributed by atoms with E-state index in [2.05, 4.69) is 0 Å². The molecule has 0 radical (unpaired) electrons. The van der Waals surface area contributed by atoms with Crippen LogP contribution < -0.4 is 4.74 Å². The number of fused-ring (bicyclic) bond motifs is 1. The Kier molecular flexibility index (Phi) is 8.25. The Morgan fingerprint density at radius 2 is 1.49 bits per heavy atom. The van der Waals surface area contributed by atoms with Gasteiger partial charge in [-0.2, -0.15) is 0 Å². The number of carboxylic acid groups (broad SMARTS) is 1. The second kappa shape index (κ2) is 12.3. The van der Waals surface area contributed by atoms with Gasteiger partial charge in [0.2, 0.25) is 5.91 Å². The SMILES string of the molecule is CN(CCc1ccccc1)C(=O)Cn1cc(C(=O)c2cccc(C(=O)O)c2)c2cc(OCc3ccccc3)ccc21. The average Bonchev–Trinajstić information content (AvgIpc) is 3.36. The molecule has 0 bridgehead atoms. The maximum Gasteiger partial charge on any atom is 0.335 e. The summed E-state index contributed by atoms with van der Waals surface area (Å²) in [6, 6.07) is 31.2. The van der Waals surface area contributed by atoms with Gasteiger partial charge in [-0.05, 0) is 47.9 Å². The van der Waals surface area contributed by atoms with E-state index in [0.717, 1.165) is 17.5 Å². The van der Waals surface area contributed by atoms with Crippen molar-refractivity contribution in [2.24, 2.45) is 0 Å². The number of hydrogen-bond donors (Lipinski definition) is 1. The van der Waals surface area contributed by atoms with Gasteiger partial charge in [0.1, 0.15) is 18.9 Å². The first-order chi connectivity index (χ1) is 19.9. The molecule has 0 aliphatic carbocycles. The molecule has 1 aromatic heterocycles. The molecule has 0 saturated carbocycles. The average molecular weight is 547 g/mol. The van der Waals surface area contributed by atoms with E-state index < -0.39 is 5.97 Å². The van der Waals surface area contributed by atoms with Crippen molar-refractivity contribution >= 4 is 28.6 Å². The van der Waals surface area contributed by atoms with E-state index >= 15 is 0 Å². The third-order valence-electron chi connectivity index (χ3n) is 7.03. The van der Waals surface area contributed by atoms with E-state index in [9.17, 15) is 19.5 Å². The van der Waals surface area contributed by atoms with Crippen LogP contribution >= 0.6 is 0 Å². The van der Waals surface area contributed by atoms with Gasteiger partial charge in [0.15, 0.2) is 5.78 Å². The lowest BCUT2D eigenvalue weighted by molar-refractivity contribution is -0.130. The number of benzene rings is 4. The van der Waals surface area contributed by atoms with Crippen LogP contribution in [0.1, 0.15) is 37.4 Å². The largest absolute Gasteiger partial charge is 0.489 e. The molecule has 5 aromatic rings. The smallest absolute Gasteiger partial charge is 0.335 e. The lowest BCUT2D eigenvalue weighted by atomic mass is 10.0. The number of hydrogen-bond acceptors (Lipinski definition) is 4. The number of ether oxygens (including phenoxy) is 1. The third-order valence-corrected chi connectivity index (χ3v) is 7.03. The normalized spacial score (nSPS) is 10.9. The van der Waals surface area contributed by atoms with Crippen LogP contribution in [0, 0.1) is 0 Å². The zero-order valence-electron chi connectivity index (χ0n) is 22.7. The van der Waals surface area contributed by atoms with E-state index in [1.807, 2.05) is 72.8 Å². The molecule has 0 aliphatic rings. The first kappa shape index (κ1) is 27.4. The molecule has 5 rings (SSSR count). The van der Waals surface area contributed by atoms with Gasteiger partial charge in [-0.15, -0.1) is 0 Å². The van der Waals surface area contributed by atoms with Crippen molar-refractivity contribution in [3.05, 3.63) is 137 Å². The Morgan fingerprint density at radius 3 is 2.20 bits per heavy atom. The summed E-state index contributed by atoms with van der Waals surface area (Å²) in [5.74, 6) is -0.947. The van der Waals surface area contributed by atoms with Gasteiger partial charge >= 0.3 is 5.97 Å². The molecule has 1 N–H and O–H groups in total. The summed E-state index contributed by atoms with van der Waals surface area (Å²) >= 11 is 0. The molecule has 1 amide bonds. The van der Waals surface area contributed by atoms with Crippen molar-refractivity contribution in [3.8, 4) is 5.75 Å². The Labute approximate surface area is 238 Å². The maximum absolute atomic E-state index is 13.7. The summed E-state index contributed by atoms with van der Waals surface area (Å²) in [4.78, 5) is 40.1. The molecule has 0 atom stereocenters. The van der Waals surface area contributed by atoms with Crippen molar-refractivity contribution in [2.75, 3.05) is 13.6 Å². The first-order valence-corrected chi connectivity index (χ1v) is 13.3. The minimum absolute atomic E-state index is 0.0293. The van der Waals surface area contributed by atoms with Crippen LogP contribution in [0.25, 0.3) is 10.9 Å². The Hall–Kier alpha value is -5.17. The van der Waals surface area contributed by atoms with E-state index in [0.29, 0.717) is 35.4 Å². The number of aromatic nitrogens is 1. The molecule has 41 heavy (non-hydrogen) atoms. The van der Waals surface area contributed by atoms with Crippen LogP contribution in [-0.4, -0.2) is 45.8 Å². The molecule has 0 saturated heterocycles. The Morgan fingerprint density at radius 1 is 0.805 bits per heavy atom. The fourth-order valence-corrected chi connectivity index (χ4v) is 4.70. The van der Waals surface area contributed by atoms with E-state index in [4.69, 9.17) is 4.74 Å². The summed E-state index contributed by atoms with van der Waals surface area (Å²) in [7, 11) is 1.77. The number of carbonyl (C=O) groups is 3. The maximum atomic E-state index is 13.7. The molecule has 7 heteroatoms. The van der Waals surface area contributed by atoms with E-state index in [1.54, 1.807) is 40.9 Å². The van der Waals surface area contributed by atoms with E-state index in [-0.39, 0.29) is 29.4 Å². The minimum Gasteiger partial charge on any atom is -0.489 e. The summed E-state index contributed by atoms with van der Waals surface area (Å²) in [5.41, 5.74) is 3.52. The van der Waals surface area contributed by atoms with Gasteiger partial charge < -0.3 is 19.3 Å². The van der Waals surface area contributed by atoms with Crippen LogP contribution in [0.5, 0.6) is 5.75 Å². The van der Waals surface area contributed by atoms with Crippen molar-refractivity contribution in [1.82, 2.24) is 9.47 Å². The highest BCUT2D eigenvalue weighted by molar-refractivity contribution is 6.17. The van der Waals surface area contributed by atoms with Crippen molar-refractivity contribution in [2.45, 2.75) is 19.6 Å². The molecule has 206 valence electrons. The molecule has 7 nitrogen and oxygen atoms in total. The van der Waals surface area contributed by atoms with Crippen LogP contribution in [-0.2, 0) is 24.4 Å². The summed E-state index contributed by atoms with van der Waals surface area (Å²) in [5, 5.41) is 10.0. The van der Waals surface area contributed by atoms with Crippen molar-refractivity contribution in [1.29, 1.82) is 0 Å². The summed E-state index contributed by atoms with van der Waals surface area (Å²) in [6.45, 7) is 0.976. The molecule has 0 aliphatic heterocycles. The van der Waals surface area contributed by atoms with Gasteiger partial charge in [-0.3, -0.25) is 9.59 Å². The van der Waals surface area contributed by atoms with Gasteiger partial charge in [0.05, 0.1) is 5.56 Å². The molecular weight excluding hydrogens is 516 g/mol. The molecule has 0 spiro atoms. The lowest BCUT2D eigenvalue weighted by Crippen LogP contribution is -2.31. The second-order valence-corrected chi connectivity index (χ2v) is 9.89. The monoisotopic (exact) mass is 546 g/mol. The van der Waals surface area contributed by atoms with Crippen molar-refractivity contribution in [3.63, 3.8) is 0 Å². The number of amides is 1. The Bertz CT molecular complexity index is 1690. The third kappa shape index (κ3) is 6.53. The van der Waals surface area contributed by atoms with Crippen molar-refractivity contribution < 1.29 is 24.2 Å². The number of likely N-dealkylation sites (N-methyl/N-ethyl adjacent to an activating group) is 1. The van der Waals surface area contributed by atoms with Gasteiger partial charge in [-0.25, -0.2) is 4.79 Å². The fraction of sp³-hybridized carbons (Fsp3) is 0.147. The molecule has 1 heterocycles. The highest BCUT2D eigenvalue weighted by Crippen LogP contribution is 2.29. The van der Waals surface area contributed by atoms with Crippen LogP contribution in [0.4, 0.5) is 0 Å². The zero-order chi connectivity index (χ0) is 28.8. The number of carboxylic acids is 1.